The van der Waals surface area contributed by atoms with Crippen molar-refractivity contribution in [2.45, 2.75) is 26.0 Å². The summed E-state index contributed by atoms with van der Waals surface area (Å²) in [6.45, 7) is 2.62. The molecule has 0 bridgehead atoms. The molecule has 0 spiro atoms. The van der Waals surface area contributed by atoms with Gasteiger partial charge >= 0.3 is 0 Å². The van der Waals surface area contributed by atoms with Gasteiger partial charge in [-0.15, -0.1) is 0 Å². The average molecular weight is 503 g/mol. The number of carbonyl (C=O) groups excluding carboxylic acids is 1. The maximum Gasteiger partial charge on any atom is 0.255 e. The fraction of sp³-hybridized carbons (Fsp3) is 0.222. The number of benzene rings is 1. The maximum absolute atomic E-state index is 14.4. The van der Waals surface area contributed by atoms with E-state index < -0.39 is 5.82 Å². The Balaban J connectivity index is 1.53. The third-order valence-electron chi connectivity index (χ3n) is 6.20. The van der Waals surface area contributed by atoms with E-state index in [-0.39, 0.29) is 24.3 Å². The Morgan fingerprint density at radius 2 is 2.08 bits per heavy atom. The van der Waals surface area contributed by atoms with E-state index in [1.54, 1.807) is 36.8 Å². The number of ether oxygens (including phenoxy) is 2. The van der Waals surface area contributed by atoms with Crippen molar-refractivity contribution in [3.63, 3.8) is 0 Å². The minimum absolute atomic E-state index is 0.0483. The van der Waals surface area contributed by atoms with Crippen molar-refractivity contribution in [1.82, 2.24) is 20.3 Å². The Morgan fingerprint density at radius 1 is 1.22 bits per heavy atom. The highest BCUT2D eigenvalue weighted by atomic mass is 19.1. The number of fused-ring (bicyclic) bond motifs is 1. The monoisotopic (exact) mass is 502 g/mol. The number of aromatic amines is 1. The molecule has 0 radical (unpaired) electrons. The minimum atomic E-state index is -0.515. The molecule has 1 aliphatic rings. The van der Waals surface area contributed by atoms with Crippen molar-refractivity contribution < 1.29 is 18.7 Å². The Labute approximate surface area is 213 Å². The van der Waals surface area contributed by atoms with Crippen LogP contribution in [0.2, 0.25) is 0 Å². The Morgan fingerprint density at radius 3 is 2.84 bits per heavy atom. The molecule has 3 aromatic heterocycles. The average Bonchev–Trinajstić information content (AvgIpc) is 3.27. The molecule has 0 saturated heterocycles. The second-order valence-electron chi connectivity index (χ2n) is 8.71. The van der Waals surface area contributed by atoms with E-state index in [1.165, 1.54) is 13.2 Å². The van der Waals surface area contributed by atoms with Crippen LogP contribution in [0.5, 0.6) is 11.5 Å². The molecule has 0 unspecified atom stereocenters. The van der Waals surface area contributed by atoms with E-state index in [2.05, 4.69) is 25.6 Å². The molecule has 5 rings (SSSR count). The predicted octanol–water partition coefficient (Wildman–Crippen LogP) is 4.25. The Kier molecular flexibility index (Phi) is 6.74. The fourth-order valence-electron chi connectivity index (χ4n) is 4.30. The van der Waals surface area contributed by atoms with Gasteiger partial charge in [-0.3, -0.25) is 14.8 Å². The number of carbonyl (C=O) groups is 1. The summed E-state index contributed by atoms with van der Waals surface area (Å²) in [5.41, 5.74) is 11.0. The van der Waals surface area contributed by atoms with Gasteiger partial charge in [-0.2, -0.15) is 0 Å². The molecule has 1 amide bonds. The van der Waals surface area contributed by atoms with Gasteiger partial charge in [0.1, 0.15) is 12.4 Å². The molecule has 0 saturated carbocycles. The molecular weight excluding hydrogens is 475 g/mol. The molecule has 10 heteroatoms. The summed E-state index contributed by atoms with van der Waals surface area (Å²) in [5, 5.41) is 6.11. The standard InChI is InChI=1S/C27H27FN6O3/c1-15(29)16-6-7-17(32-12-16)14-37-22-13-30-10-8-18(22)24-25(23-20(33-24)9-11-31-27(23)35)34-21-5-3-4-19(28)26(21)36-2/h3-8,10,12-13,15,33-34H,9,11,14,29H2,1-2H3,(H,31,35)/t15-/m1/s1. The number of nitrogens with zero attached hydrogens (tertiary/aromatic N) is 2. The second-order valence-corrected chi connectivity index (χ2v) is 8.71. The summed E-state index contributed by atoms with van der Waals surface area (Å²) in [5.74, 6) is -0.198. The molecule has 9 nitrogen and oxygen atoms in total. The van der Waals surface area contributed by atoms with Crippen LogP contribution in [0, 0.1) is 5.82 Å². The third-order valence-corrected chi connectivity index (χ3v) is 6.20. The van der Waals surface area contributed by atoms with Gasteiger partial charge in [0.15, 0.2) is 11.6 Å². The number of pyridine rings is 2. The number of amides is 1. The van der Waals surface area contributed by atoms with Crippen molar-refractivity contribution in [3.05, 3.63) is 83.3 Å². The summed E-state index contributed by atoms with van der Waals surface area (Å²) in [6, 6.07) is 10.1. The molecule has 4 aromatic rings. The molecule has 1 aliphatic heterocycles. The lowest BCUT2D eigenvalue weighted by atomic mass is 10.0. The quantitative estimate of drug-likeness (QED) is 0.284. The van der Waals surface area contributed by atoms with Crippen LogP contribution in [0.1, 0.15) is 40.3 Å². The SMILES string of the molecule is COc1c(F)cccc1Nc1c(-c2ccncc2OCc2ccc([C@@H](C)N)cn2)[nH]c2c1C(=O)NCC2. The molecule has 5 N–H and O–H groups in total. The molecule has 0 fully saturated rings. The highest BCUT2D eigenvalue weighted by molar-refractivity contribution is 6.06. The van der Waals surface area contributed by atoms with E-state index in [9.17, 15) is 9.18 Å². The molecule has 1 atom stereocenters. The van der Waals surface area contributed by atoms with E-state index in [0.717, 1.165) is 17.0 Å². The second kappa shape index (κ2) is 10.3. The van der Waals surface area contributed by atoms with Gasteiger partial charge in [0, 0.05) is 42.7 Å². The van der Waals surface area contributed by atoms with Crippen LogP contribution in [0.3, 0.4) is 0 Å². The number of nitrogens with two attached hydrogens (primary N) is 1. The number of para-hydroxylation sites is 1. The number of rotatable bonds is 8. The lowest BCUT2D eigenvalue weighted by Gasteiger charge is -2.17. The summed E-state index contributed by atoms with van der Waals surface area (Å²) in [7, 11) is 1.40. The number of H-pyrrole nitrogens is 1. The Bertz CT molecular complexity index is 1430. The van der Waals surface area contributed by atoms with Gasteiger partial charge in [-0.05, 0) is 36.8 Å². The van der Waals surface area contributed by atoms with Crippen LogP contribution in [-0.4, -0.2) is 34.5 Å². The molecule has 37 heavy (non-hydrogen) atoms. The Hall–Kier alpha value is -4.44. The first-order valence-corrected chi connectivity index (χ1v) is 11.9. The first kappa shape index (κ1) is 24.3. The largest absolute Gasteiger partial charge is 0.492 e. The number of hydrogen-bond acceptors (Lipinski definition) is 7. The van der Waals surface area contributed by atoms with Gasteiger partial charge in [-0.25, -0.2) is 4.39 Å². The molecular formula is C27H27FN6O3. The lowest BCUT2D eigenvalue weighted by Crippen LogP contribution is -2.31. The van der Waals surface area contributed by atoms with Crippen LogP contribution in [0.4, 0.5) is 15.8 Å². The van der Waals surface area contributed by atoms with Crippen LogP contribution in [-0.2, 0) is 13.0 Å². The van der Waals surface area contributed by atoms with Crippen LogP contribution < -0.4 is 25.8 Å². The zero-order valence-electron chi connectivity index (χ0n) is 20.5. The van der Waals surface area contributed by atoms with E-state index in [4.69, 9.17) is 15.2 Å². The zero-order chi connectivity index (χ0) is 25.9. The molecule has 0 aliphatic carbocycles. The summed E-state index contributed by atoms with van der Waals surface area (Å²) >= 11 is 0. The summed E-state index contributed by atoms with van der Waals surface area (Å²) < 4.78 is 25.8. The number of nitrogens with one attached hydrogen (secondary N) is 3. The minimum Gasteiger partial charge on any atom is -0.492 e. The van der Waals surface area contributed by atoms with Crippen molar-refractivity contribution >= 4 is 17.3 Å². The van der Waals surface area contributed by atoms with Gasteiger partial charge in [0.05, 0.1) is 41.6 Å². The third kappa shape index (κ3) is 4.83. The van der Waals surface area contributed by atoms with Crippen LogP contribution >= 0.6 is 0 Å². The van der Waals surface area contributed by atoms with Gasteiger partial charge in [0.25, 0.3) is 5.91 Å². The lowest BCUT2D eigenvalue weighted by molar-refractivity contribution is 0.0947. The zero-order valence-corrected chi connectivity index (χ0v) is 20.5. The van der Waals surface area contributed by atoms with Gasteiger partial charge < -0.3 is 30.8 Å². The number of methoxy groups -OCH3 is 1. The summed E-state index contributed by atoms with van der Waals surface area (Å²) in [4.78, 5) is 24.9. The van der Waals surface area contributed by atoms with E-state index >= 15 is 0 Å². The first-order valence-electron chi connectivity index (χ1n) is 11.9. The number of halogens is 1. The van der Waals surface area contributed by atoms with Crippen LogP contribution in [0.25, 0.3) is 11.3 Å². The highest BCUT2D eigenvalue weighted by Gasteiger charge is 2.29. The normalized spacial score (nSPS) is 13.5. The van der Waals surface area contributed by atoms with Crippen LogP contribution in [0.15, 0.2) is 55.0 Å². The smallest absolute Gasteiger partial charge is 0.255 e. The number of aromatic nitrogens is 3. The van der Waals surface area contributed by atoms with Gasteiger partial charge in [0.2, 0.25) is 0 Å². The number of hydrogen-bond donors (Lipinski definition) is 4. The number of anilines is 2. The highest BCUT2D eigenvalue weighted by Crippen LogP contribution is 2.42. The van der Waals surface area contributed by atoms with E-state index in [1.807, 2.05) is 19.1 Å². The fourth-order valence-corrected chi connectivity index (χ4v) is 4.30. The van der Waals surface area contributed by atoms with Crippen molar-refractivity contribution in [2.75, 3.05) is 19.0 Å². The van der Waals surface area contributed by atoms with Crippen molar-refractivity contribution in [3.8, 4) is 22.8 Å². The van der Waals surface area contributed by atoms with Crippen molar-refractivity contribution in [2.24, 2.45) is 5.73 Å². The molecule has 4 heterocycles. The van der Waals surface area contributed by atoms with Gasteiger partial charge in [-0.1, -0.05) is 12.1 Å². The first-order chi connectivity index (χ1) is 18.0. The molecule has 190 valence electrons. The van der Waals surface area contributed by atoms with E-state index in [0.29, 0.717) is 46.9 Å². The topological polar surface area (TPSA) is 127 Å². The van der Waals surface area contributed by atoms with Crippen molar-refractivity contribution in [1.29, 1.82) is 0 Å². The maximum atomic E-state index is 14.4. The molecule has 1 aromatic carbocycles. The predicted molar refractivity (Wildman–Crippen MR) is 137 cm³/mol. The summed E-state index contributed by atoms with van der Waals surface area (Å²) in [6.07, 6.45) is 5.61.